The lowest BCUT2D eigenvalue weighted by atomic mass is 10.1. The molecule has 0 spiro atoms. The molecule has 20 heavy (non-hydrogen) atoms. The van der Waals surface area contributed by atoms with Crippen molar-refractivity contribution < 1.29 is 18.0 Å². The number of carbonyl (C=O) groups is 1. The number of alkyl halides is 3. The molecule has 0 radical (unpaired) electrons. The molecular weight excluding hydrogens is 269 g/mol. The lowest BCUT2D eigenvalue weighted by Gasteiger charge is -2.22. The topological polar surface area (TPSA) is 46.3 Å². The van der Waals surface area contributed by atoms with Gasteiger partial charge in [0.05, 0.1) is 11.1 Å². The van der Waals surface area contributed by atoms with Crippen LogP contribution in [0.3, 0.4) is 0 Å². The predicted octanol–water partition coefficient (Wildman–Crippen LogP) is 3.16. The van der Waals surface area contributed by atoms with E-state index in [1.165, 1.54) is 0 Å². The number of benzene rings is 1. The van der Waals surface area contributed by atoms with Gasteiger partial charge >= 0.3 is 6.18 Å². The fraction of sp³-hybridized carbons (Fsp3) is 0.500. The summed E-state index contributed by atoms with van der Waals surface area (Å²) < 4.78 is 38.1. The van der Waals surface area contributed by atoms with Gasteiger partial charge in [0.15, 0.2) is 0 Å². The summed E-state index contributed by atoms with van der Waals surface area (Å²) in [6, 6.07) is 2.89. The van der Waals surface area contributed by atoms with E-state index in [-0.39, 0.29) is 17.3 Å². The van der Waals surface area contributed by atoms with Crippen LogP contribution in [0.4, 0.5) is 18.9 Å². The smallest absolute Gasteiger partial charge is 0.398 e. The SMILES string of the molecule is CC1CC(C)N(C(=O)c2cc(C(F)(F)F)ccc2N)C1. The number of halogens is 3. The lowest BCUT2D eigenvalue weighted by molar-refractivity contribution is -0.137. The first-order valence-electron chi connectivity index (χ1n) is 6.48. The number of nitrogens with zero attached hydrogens (tertiary/aromatic N) is 1. The van der Waals surface area contributed by atoms with Gasteiger partial charge in [-0.3, -0.25) is 4.79 Å². The second kappa shape index (κ2) is 5.00. The number of hydrogen-bond acceptors (Lipinski definition) is 2. The first-order chi connectivity index (χ1) is 9.20. The molecule has 1 saturated heterocycles. The van der Waals surface area contributed by atoms with Crippen LogP contribution in [-0.2, 0) is 6.18 Å². The largest absolute Gasteiger partial charge is 0.416 e. The third-order valence-electron chi connectivity index (χ3n) is 3.66. The Kier molecular flexibility index (Phi) is 3.67. The minimum Gasteiger partial charge on any atom is -0.398 e. The monoisotopic (exact) mass is 286 g/mol. The zero-order valence-electron chi connectivity index (χ0n) is 11.4. The van der Waals surface area contributed by atoms with Gasteiger partial charge in [0, 0.05) is 18.3 Å². The van der Waals surface area contributed by atoms with Crippen LogP contribution in [0.15, 0.2) is 18.2 Å². The van der Waals surface area contributed by atoms with Crippen molar-refractivity contribution in [1.29, 1.82) is 0 Å². The average Bonchev–Trinajstić information content (AvgIpc) is 2.66. The van der Waals surface area contributed by atoms with Crippen LogP contribution in [0, 0.1) is 5.92 Å². The van der Waals surface area contributed by atoms with Crippen LogP contribution in [0.1, 0.15) is 36.2 Å². The Morgan fingerprint density at radius 1 is 1.35 bits per heavy atom. The van der Waals surface area contributed by atoms with Gasteiger partial charge in [0.25, 0.3) is 5.91 Å². The van der Waals surface area contributed by atoms with E-state index in [0.29, 0.717) is 12.5 Å². The quantitative estimate of drug-likeness (QED) is 0.806. The van der Waals surface area contributed by atoms with Crippen LogP contribution in [0.25, 0.3) is 0 Å². The number of nitrogen functional groups attached to an aromatic ring is 1. The number of rotatable bonds is 1. The molecule has 2 rings (SSSR count). The Balaban J connectivity index is 2.35. The van der Waals surface area contributed by atoms with E-state index in [2.05, 4.69) is 0 Å². The normalized spacial score (nSPS) is 23.1. The maximum absolute atomic E-state index is 12.7. The van der Waals surface area contributed by atoms with Gasteiger partial charge in [-0.1, -0.05) is 6.92 Å². The Morgan fingerprint density at radius 3 is 2.50 bits per heavy atom. The van der Waals surface area contributed by atoms with Gasteiger partial charge in [-0.15, -0.1) is 0 Å². The molecule has 0 aromatic heterocycles. The molecule has 6 heteroatoms. The van der Waals surface area contributed by atoms with Crippen molar-refractivity contribution in [2.75, 3.05) is 12.3 Å². The van der Waals surface area contributed by atoms with Gasteiger partial charge in [0.2, 0.25) is 0 Å². The van der Waals surface area contributed by atoms with E-state index in [0.717, 1.165) is 24.6 Å². The van der Waals surface area contributed by atoms with Crippen molar-refractivity contribution in [3.8, 4) is 0 Å². The van der Waals surface area contributed by atoms with Gasteiger partial charge in [-0.25, -0.2) is 0 Å². The number of hydrogen-bond donors (Lipinski definition) is 1. The number of likely N-dealkylation sites (tertiary alicyclic amines) is 1. The second-order valence-corrected chi connectivity index (χ2v) is 5.45. The first-order valence-corrected chi connectivity index (χ1v) is 6.48. The Bertz CT molecular complexity index is 528. The van der Waals surface area contributed by atoms with Crippen LogP contribution >= 0.6 is 0 Å². The molecule has 0 saturated carbocycles. The van der Waals surface area contributed by atoms with E-state index < -0.39 is 17.6 Å². The second-order valence-electron chi connectivity index (χ2n) is 5.45. The molecule has 1 aromatic carbocycles. The number of amides is 1. The summed E-state index contributed by atoms with van der Waals surface area (Å²) in [6.45, 7) is 4.46. The summed E-state index contributed by atoms with van der Waals surface area (Å²) in [5, 5.41) is 0. The highest BCUT2D eigenvalue weighted by Crippen LogP contribution is 2.32. The molecular formula is C14H17F3N2O. The van der Waals surface area contributed by atoms with Crippen molar-refractivity contribution in [2.24, 2.45) is 5.92 Å². The fourth-order valence-corrected chi connectivity index (χ4v) is 2.66. The summed E-state index contributed by atoms with van der Waals surface area (Å²) >= 11 is 0. The molecule has 1 heterocycles. The fourth-order valence-electron chi connectivity index (χ4n) is 2.66. The zero-order valence-corrected chi connectivity index (χ0v) is 11.4. The molecule has 2 N–H and O–H groups in total. The van der Waals surface area contributed by atoms with E-state index in [9.17, 15) is 18.0 Å². The van der Waals surface area contributed by atoms with E-state index >= 15 is 0 Å². The summed E-state index contributed by atoms with van der Waals surface area (Å²) in [6.07, 6.45) is -3.63. The molecule has 1 aliphatic rings. The van der Waals surface area contributed by atoms with E-state index in [4.69, 9.17) is 5.73 Å². The van der Waals surface area contributed by atoms with Crippen molar-refractivity contribution in [1.82, 2.24) is 4.90 Å². The van der Waals surface area contributed by atoms with Crippen LogP contribution in [-0.4, -0.2) is 23.4 Å². The van der Waals surface area contributed by atoms with Gasteiger partial charge in [-0.05, 0) is 37.5 Å². The minimum atomic E-state index is -4.48. The highest BCUT2D eigenvalue weighted by molar-refractivity contribution is 5.99. The molecule has 110 valence electrons. The summed E-state index contributed by atoms with van der Waals surface area (Å²) in [7, 11) is 0. The molecule has 2 atom stereocenters. The molecule has 0 aliphatic carbocycles. The highest BCUT2D eigenvalue weighted by Gasteiger charge is 2.34. The summed E-state index contributed by atoms with van der Waals surface area (Å²) in [5.41, 5.74) is 4.82. The Hall–Kier alpha value is -1.72. The van der Waals surface area contributed by atoms with Crippen molar-refractivity contribution in [3.05, 3.63) is 29.3 Å². The van der Waals surface area contributed by atoms with Crippen LogP contribution in [0.5, 0.6) is 0 Å². The minimum absolute atomic E-state index is 0.0199. The molecule has 2 unspecified atom stereocenters. The lowest BCUT2D eigenvalue weighted by Crippen LogP contribution is -2.34. The van der Waals surface area contributed by atoms with Crippen LogP contribution < -0.4 is 5.73 Å². The van der Waals surface area contributed by atoms with E-state index in [1.807, 2.05) is 13.8 Å². The maximum Gasteiger partial charge on any atom is 0.416 e. The average molecular weight is 286 g/mol. The zero-order chi connectivity index (χ0) is 15.1. The molecule has 1 amide bonds. The van der Waals surface area contributed by atoms with Crippen molar-refractivity contribution in [3.63, 3.8) is 0 Å². The van der Waals surface area contributed by atoms with Crippen LogP contribution in [0.2, 0.25) is 0 Å². The van der Waals surface area contributed by atoms with Crippen molar-refractivity contribution in [2.45, 2.75) is 32.5 Å². The molecule has 3 nitrogen and oxygen atoms in total. The number of carbonyl (C=O) groups excluding carboxylic acids is 1. The van der Waals surface area contributed by atoms with Crippen molar-refractivity contribution >= 4 is 11.6 Å². The highest BCUT2D eigenvalue weighted by atomic mass is 19.4. The predicted molar refractivity (Wildman–Crippen MR) is 70.1 cm³/mol. The third-order valence-corrected chi connectivity index (χ3v) is 3.66. The standard InChI is InChI=1S/C14H17F3N2O/c1-8-5-9(2)19(7-8)13(20)11-6-10(14(15,16)17)3-4-12(11)18/h3-4,6,8-9H,5,7,18H2,1-2H3. The third kappa shape index (κ3) is 2.73. The first kappa shape index (κ1) is 14.7. The van der Waals surface area contributed by atoms with Gasteiger partial charge in [0.1, 0.15) is 0 Å². The molecule has 1 aromatic rings. The van der Waals surface area contributed by atoms with Gasteiger partial charge < -0.3 is 10.6 Å². The molecule has 0 bridgehead atoms. The molecule has 1 aliphatic heterocycles. The summed E-state index contributed by atoms with van der Waals surface area (Å²) in [5.74, 6) is -0.0774. The number of anilines is 1. The Morgan fingerprint density at radius 2 is 2.00 bits per heavy atom. The van der Waals surface area contributed by atoms with Gasteiger partial charge in [-0.2, -0.15) is 13.2 Å². The Labute approximate surface area is 115 Å². The maximum atomic E-state index is 12.7. The van der Waals surface area contributed by atoms with E-state index in [1.54, 1.807) is 4.90 Å². The summed E-state index contributed by atoms with van der Waals surface area (Å²) in [4.78, 5) is 14.0. The molecule has 1 fully saturated rings. The number of nitrogens with two attached hydrogens (primary N) is 1.